The molecule has 3 heterocycles. The second kappa shape index (κ2) is 12.4. The first-order valence-corrected chi connectivity index (χ1v) is 14.0. The number of nitrogens with one attached hydrogen (secondary N) is 2. The van der Waals surface area contributed by atoms with E-state index in [1.807, 2.05) is 19.9 Å². The maximum absolute atomic E-state index is 11.9. The van der Waals surface area contributed by atoms with Gasteiger partial charge in [-0.1, -0.05) is 18.2 Å². The average molecular weight is 543 g/mol. The van der Waals surface area contributed by atoms with Gasteiger partial charge in [-0.3, -0.25) is 14.7 Å². The SMILES string of the molecule is CCOC(=O)CN1CCC(Nc2nc3ccc(CNc4cccc(C)c4)cc3n2Cc2nc(C)ccc2O)CC1. The predicted octanol–water partition coefficient (Wildman–Crippen LogP) is 4.85. The molecule has 9 nitrogen and oxygen atoms in total. The minimum atomic E-state index is -0.172. The monoisotopic (exact) mass is 542 g/mol. The van der Waals surface area contributed by atoms with E-state index in [0.717, 1.165) is 59.9 Å². The van der Waals surface area contributed by atoms with E-state index in [9.17, 15) is 9.90 Å². The number of hydrogen-bond donors (Lipinski definition) is 3. The molecule has 0 bridgehead atoms. The second-order valence-corrected chi connectivity index (χ2v) is 10.5. The van der Waals surface area contributed by atoms with E-state index in [0.29, 0.717) is 31.9 Å². The Bertz CT molecular complexity index is 1480. The average Bonchev–Trinajstić information content (AvgIpc) is 3.26. The van der Waals surface area contributed by atoms with Gasteiger partial charge in [-0.2, -0.15) is 0 Å². The number of piperidine rings is 1. The molecule has 0 saturated carbocycles. The van der Waals surface area contributed by atoms with Gasteiger partial charge in [0, 0.05) is 37.1 Å². The molecule has 210 valence electrons. The summed E-state index contributed by atoms with van der Waals surface area (Å²) in [5.74, 6) is 0.752. The number of esters is 1. The standard InChI is InChI=1S/C31H38N6O3/c1-4-40-30(39)20-36-14-12-24(13-15-36)34-31-35-26-10-9-23(18-32-25-7-5-6-21(2)16-25)17-28(26)37(31)19-27-29(38)11-8-22(3)33-27/h5-11,16-17,24,32,38H,4,12-15,18-20H2,1-3H3,(H,34,35). The van der Waals surface area contributed by atoms with Crippen molar-refractivity contribution in [2.24, 2.45) is 0 Å². The highest BCUT2D eigenvalue weighted by atomic mass is 16.5. The Hall–Kier alpha value is -4.11. The van der Waals surface area contributed by atoms with Crippen molar-refractivity contribution in [1.29, 1.82) is 0 Å². The zero-order valence-corrected chi connectivity index (χ0v) is 23.5. The van der Waals surface area contributed by atoms with Crippen LogP contribution in [0.1, 0.15) is 42.3 Å². The molecule has 1 fully saturated rings. The molecule has 0 atom stereocenters. The van der Waals surface area contributed by atoms with E-state index >= 15 is 0 Å². The van der Waals surface area contributed by atoms with Crippen molar-refractivity contribution < 1.29 is 14.6 Å². The fourth-order valence-electron chi connectivity index (χ4n) is 5.18. The number of imidazole rings is 1. The third-order valence-corrected chi connectivity index (χ3v) is 7.30. The molecule has 5 rings (SSSR count). The summed E-state index contributed by atoms with van der Waals surface area (Å²) in [6.45, 7) is 9.27. The fourth-order valence-corrected chi connectivity index (χ4v) is 5.18. The minimum absolute atomic E-state index is 0.169. The molecule has 0 amide bonds. The maximum atomic E-state index is 11.9. The van der Waals surface area contributed by atoms with Crippen LogP contribution in [-0.2, 0) is 22.6 Å². The van der Waals surface area contributed by atoms with Crippen LogP contribution in [0.3, 0.4) is 0 Å². The molecule has 0 unspecified atom stereocenters. The predicted molar refractivity (Wildman–Crippen MR) is 158 cm³/mol. The van der Waals surface area contributed by atoms with Crippen molar-refractivity contribution in [2.45, 2.75) is 52.7 Å². The van der Waals surface area contributed by atoms with Crippen molar-refractivity contribution in [2.75, 3.05) is 36.9 Å². The van der Waals surface area contributed by atoms with Gasteiger partial charge in [-0.25, -0.2) is 4.98 Å². The van der Waals surface area contributed by atoms with E-state index in [1.165, 1.54) is 5.56 Å². The van der Waals surface area contributed by atoms with E-state index < -0.39 is 0 Å². The summed E-state index contributed by atoms with van der Waals surface area (Å²) in [5.41, 5.74) is 6.75. The van der Waals surface area contributed by atoms with E-state index in [1.54, 1.807) is 6.07 Å². The molecule has 3 N–H and O–H groups in total. The number of pyridine rings is 1. The molecule has 1 saturated heterocycles. The topological polar surface area (TPSA) is 105 Å². The van der Waals surface area contributed by atoms with Crippen LogP contribution in [0.4, 0.5) is 11.6 Å². The van der Waals surface area contributed by atoms with Crippen molar-refractivity contribution in [1.82, 2.24) is 19.4 Å². The normalized spacial score (nSPS) is 14.4. The third kappa shape index (κ3) is 6.71. The lowest BCUT2D eigenvalue weighted by molar-refractivity contribution is -0.144. The Labute approximate surface area is 235 Å². The molecule has 40 heavy (non-hydrogen) atoms. The molecular formula is C31H38N6O3. The number of likely N-dealkylation sites (tertiary alicyclic amines) is 1. The van der Waals surface area contributed by atoms with Gasteiger partial charge in [0.05, 0.1) is 30.7 Å². The number of aromatic nitrogens is 3. The van der Waals surface area contributed by atoms with Crippen LogP contribution >= 0.6 is 0 Å². The number of nitrogens with zero attached hydrogens (tertiary/aromatic N) is 4. The molecule has 4 aromatic rings. The highest BCUT2D eigenvalue weighted by Gasteiger charge is 2.23. The first-order valence-electron chi connectivity index (χ1n) is 14.0. The number of hydrogen-bond acceptors (Lipinski definition) is 8. The molecule has 0 aliphatic carbocycles. The third-order valence-electron chi connectivity index (χ3n) is 7.30. The van der Waals surface area contributed by atoms with Crippen molar-refractivity contribution in [3.05, 3.63) is 77.1 Å². The van der Waals surface area contributed by atoms with Gasteiger partial charge in [0.15, 0.2) is 0 Å². The number of aryl methyl sites for hydroxylation is 2. The van der Waals surface area contributed by atoms with Crippen LogP contribution in [0, 0.1) is 13.8 Å². The van der Waals surface area contributed by atoms with Gasteiger partial charge in [-0.05, 0) is 81.1 Å². The summed E-state index contributed by atoms with van der Waals surface area (Å²) in [6.07, 6.45) is 1.78. The molecule has 9 heteroatoms. The number of fused-ring (bicyclic) bond motifs is 1. The summed E-state index contributed by atoms with van der Waals surface area (Å²) in [5, 5.41) is 17.7. The summed E-state index contributed by atoms with van der Waals surface area (Å²) in [6, 6.07) is 18.4. The van der Waals surface area contributed by atoms with Gasteiger partial charge >= 0.3 is 5.97 Å². The number of anilines is 2. The lowest BCUT2D eigenvalue weighted by Crippen LogP contribution is -2.42. The Morgan fingerprint density at radius 1 is 1.07 bits per heavy atom. The summed E-state index contributed by atoms with van der Waals surface area (Å²) in [4.78, 5) is 23.6. The van der Waals surface area contributed by atoms with Crippen LogP contribution in [0.25, 0.3) is 11.0 Å². The molecule has 0 radical (unpaired) electrons. The largest absolute Gasteiger partial charge is 0.506 e. The Morgan fingerprint density at radius 3 is 2.67 bits per heavy atom. The van der Waals surface area contributed by atoms with E-state index in [4.69, 9.17) is 9.72 Å². The number of carbonyl (C=O) groups is 1. The highest BCUT2D eigenvalue weighted by Crippen LogP contribution is 2.27. The van der Waals surface area contributed by atoms with Crippen molar-refractivity contribution >= 4 is 28.6 Å². The Kier molecular flexibility index (Phi) is 8.50. The number of carbonyl (C=O) groups excluding carboxylic acids is 1. The summed E-state index contributed by atoms with van der Waals surface area (Å²) >= 11 is 0. The molecule has 2 aromatic carbocycles. The number of rotatable bonds is 10. The van der Waals surface area contributed by atoms with Crippen LogP contribution in [0.15, 0.2) is 54.6 Å². The highest BCUT2D eigenvalue weighted by molar-refractivity contribution is 5.80. The zero-order valence-electron chi connectivity index (χ0n) is 23.5. The van der Waals surface area contributed by atoms with E-state index in [-0.39, 0.29) is 17.8 Å². The molecular weight excluding hydrogens is 504 g/mol. The van der Waals surface area contributed by atoms with Crippen LogP contribution < -0.4 is 10.6 Å². The lowest BCUT2D eigenvalue weighted by Gasteiger charge is -2.31. The smallest absolute Gasteiger partial charge is 0.320 e. The lowest BCUT2D eigenvalue weighted by atomic mass is 10.1. The quantitative estimate of drug-likeness (QED) is 0.244. The van der Waals surface area contributed by atoms with Gasteiger partial charge < -0.3 is 25.0 Å². The Balaban J connectivity index is 1.38. The van der Waals surface area contributed by atoms with Gasteiger partial charge in [-0.15, -0.1) is 0 Å². The maximum Gasteiger partial charge on any atom is 0.320 e. The Morgan fingerprint density at radius 2 is 1.90 bits per heavy atom. The van der Waals surface area contributed by atoms with Gasteiger partial charge in [0.1, 0.15) is 11.4 Å². The number of aromatic hydroxyl groups is 1. The zero-order chi connectivity index (χ0) is 28.1. The van der Waals surface area contributed by atoms with Crippen molar-refractivity contribution in [3.8, 4) is 5.75 Å². The van der Waals surface area contributed by atoms with Crippen LogP contribution in [0.5, 0.6) is 5.75 Å². The minimum Gasteiger partial charge on any atom is -0.506 e. The van der Waals surface area contributed by atoms with Gasteiger partial charge in [0.2, 0.25) is 5.95 Å². The molecule has 1 aliphatic heterocycles. The molecule has 0 spiro atoms. The molecule has 2 aromatic heterocycles. The summed E-state index contributed by atoms with van der Waals surface area (Å²) in [7, 11) is 0. The summed E-state index contributed by atoms with van der Waals surface area (Å²) < 4.78 is 7.22. The molecule has 1 aliphatic rings. The van der Waals surface area contributed by atoms with Gasteiger partial charge in [0.25, 0.3) is 0 Å². The first kappa shape index (κ1) is 27.5. The van der Waals surface area contributed by atoms with Crippen molar-refractivity contribution in [3.63, 3.8) is 0 Å². The van der Waals surface area contributed by atoms with E-state index in [2.05, 4.69) is 74.5 Å². The first-order chi connectivity index (χ1) is 19.4. The fraction of sp³-hybridized carbons (Fsp3) is 0.387. The number of benzene rings is 2. The second-order valence-electron chi connectivity index (χ2n) is 10.5. The van der Waals surface area contributed by atoms with Crippen LogP contribution in [0.2, 0.25) is 0 Å². The van der Waals surface area contributed by atoms with Crippen LogP contribution in [-0.4, -0.2) is 62.8 Å². The number of ether oxygens (including phenoxy) is 1.